The third-order valence-corrected chi connectivity index (χ3v) is 4.65. The lowest BCUT2D eigenvalue weighted by Crippen LogP contribution is -2.06. The van der Waals surface area contributed by atoms with Gasteiger partial charge in [0.05, 0.1) is 13.2 Å². The Kier molecular flexibility index (Phi) is 9.09. The van der Waals surface area contributed by atoms with E-state index in [2.05, 4.69) is 47.8 Å². The van der Waals surface area contributed by atoms with E-state index in [-0.39, 0.29) is 0 Å². The van der Waals surface area contributed by atoms with Gasteiger partial charge in [-0.2, -0.15) is 0 Å². The molecule has 3 aromatic rings. The quantitative estimate of drug-likeness (QED) is 0.369. The first kappa shape index (κ1) is 21.7. The van der Waals surface area contributed by atoms with Crippen LogP contribution < -0.4 is 14.8 Å². The number of anilines is 1. The number of hydrogen-bond acceptors (Lipinski definition) is 4. The van der Waals surface area contributed by atoms with Crippen LogP contribution in [-0.4, -0.2) is 26.4 Å². The summed E-state index contributed by atoms with van der Waals surface area (Å²) in [5.41, 5.74) is 3.55. The highest BCUT2D eigenvalue weighted by molar-refractivity contribution is 5.48. The minimum absolute atomic E-state index is 0.564. The van der Waals surface area contributed by atoms with E-state index in [0.717, 1.165) is 42.1 Å². The molecule has 1 N–H and O–H groups in total. The highest BCUT2D eigenvalue weighted by atomic mass is 16.5. The largest absolute Gasteiger partial charge is 0.494 e. The molecule has 0 saturated carbocycles. The first-order valence-electron chi connectivity index (χ1n) is 10.6. The zero-order valence-electron chi connectivity index (χ0n) is 17.7. The second-order valence-corrected chi connectivity index (χ2v) is 7.01. The van der Waals surface area contributed by atoms with E-state index < -0.39 is 0 Å². The lowest BCUT2D eigenvalue weighted by molar-refractivity contribution is 0.110. The molecule has 0 radical (unpaired) electrons. The van der Waals surface area contributed by atoms with Crippen molar-refractivity contribution in [2.24, 2.45) is 0 Å². The second kappa shape index (κ2) is 12.6. The molecule has 4 nitrogen and oxygen atoms in total. The van der Waals surface area contributed by atoms with Gasteiger partial charge in [-0.15, -0.1) is 0 Å². The van der Waals surface area contributed by atoms with Crippen LogP contribution in [0.3, 0.4) is 0 Å². The molecule has 0 bridgehead atoms. The predicted octanol–water partition coefficient (Wildman–Crippen LogP) is 5.73. The van der Waals surface area contributed by atoms with Crippen molar-refractivity contribution in [1.82, 2.24) is 0 Å². The van der Waals surface area contributed by atoms with Crippen LogP contribution in [0.4, 0.5) is 5.69 Å². The molecule has 0 unspecified atom stereocenters. The standard InChI is InChI=1S/C26H31NO3/c1-2-28-17-18-30-25-14-6-11-23(19-25)21-27-24-13-7-15-26(20-24)29-16-8-12-22-9-4-3-5-10-22/h3-7,9-11,13-15,19-20,27H,2,8,12,16-18,21H2,1H3. The maximum Gasteiger partial charge on any atom is 0.121 e. The molecule has 3 aromatic carbocycles. The minimum Gasteiger partial charge on any atom is -0.494 e. The summed E-state index contributed by atoms with van der Waals surface area (Å²) in [5.74, 6) is 1.76. The molecular formula is C26H31NO3. The molecule has 0 saturated heterocycles. The van der Waals surface area contributed by atoms with E-state index >= 15 is 0 Å². The van der Waals surface area contributed by atoms with E-state index in [1.807, 2.05) is 43.3 Å². The van der Waals surface area contributed by atoms with Crippen LogP contribution in [0, 0.1) is 0 Å². The molecule has 0 aliphatic heterocycles. The van der Waals surface area contributed by atoms with Crippen molar-refractivity contribution in [1.29, 1.82) is 0 Å². The molecule has 0 fully saturated rings. The summed E-state index contributed by atoms with van der Waals surface area (Å²) in [5, 5.41) is 3.46. The normalized spacial score (nSPS) is 10.6. The van der Waals surface area contributed by atoms with Gasteiger partial charge >= 0.3 is 0 Å². The van der Waals surface area contributed by atoms with E-state index in [4.69, 9.17) is 14.2 Å². The van der Waals surface area contributed by atoms with Gasteiger partial charge in [-0.05, 0) is 55.2 Å². The van der Waals surface area contributed by atoms with Crippen LogP contribution in [0.15, 0.2) is 78.9 Å². The number of aryl methyl sites for hydroxylation is 1. The first-order valence-corrected chi connectivity index (χ1v) is 10.6. The average molecular weight is 406 g/mol. The van der Waals surface area contributed by atoms with E-state index in [9.17, 15) is 0 Å². The molecule has 0 aromatic heterocycles. The lowest BCUT2D eigenvalue weighted by Gasteiger charge is -2.11. The van der Waals surface area contributed by atoms with Crippen LogP contribution in [0.1, 0.15) is 24.5 Å². The summed E-state index contributed by atoms with van der Waals surface area (Å²) >= 11 is 0. The Morgan fingerprint density at radius 3 is 2.27 bits per heavy atom. The zero-order chi connectivity index (χ0) is 20.9. The van der Waals surface area contributed by atoms with Gasteiger partial charge in [0.15, 0.2) is 0 Å². The monoisotopic (exact) mass is 405 g/mol. The van der Waals surface area contributed by atoms with Gasteiger partial charge in [-0.1, -0.05) is 48.5 Å². The van der Waals surface area contributed by atoms with Gasteiger partial charge in [0, 0.05) is 24.9 Å². The Bertz CT molecular complexity index is 867. The fourth-order valence-corrected chi connectivity index (χ4v) is 3.12. The maximum atomic E-state index is 5.93. The van der Waals surface area contributed by atoms with Gasteiger partial charge in [-0.3, -0.25) is 0 Å². The molecule has 3 rings (SSSR count). The van der Waals surface area contributed by atoms with Crippen LogP contribution in [0.2, 0.25) is 0 Å². The van der Waals surface area contributed by atoms with Gasteiger partial charge in [-0.25, -0.2) is 0 Å². The summed E-state index contributed by atoms with van der Waals surface area (Å²) in [7, 11) is 0. The van der Waals surface area contributed by atoms with Crippen molar-refractivity contribution >= 4 is 5.69 Å². The summed E-state index contributed by atoms with van der Waals surface area (Å²) in [6.07, 6.45) is 2.03. The summed E-state index contributed by atoms with van der Waals surface area (Å²) in [4.78, 5) is 0. The van der Waals surface area contributed by atoms with Crippen molar-refractivity contribution in [3.05, 3.63) is 90.0 Å². The minimum atomic E-state index is 0.564. The second-order valence-electron chi connectivity index (χ2n) is 7.01. The lowest BCUT2D eigenvalue weighted by atomic mass is 10.1. The van der Waals surface area contributed by atoms with Crippen LogP contribution >= 0.6 is 0 Å². The third kappa shape index (κ3) is 7.80. The Labute approximate surface area is 179 Å². The van der Waals surface area contributed by atoms with Gasteiger partial charge < -0.3 is 19.5 Å². The van der Waals surface area contributed by atoms with Gasteiger partial charge in [0.2, 0.25) is 0 Å². The molecule has 0 aliphatic carbocycles. The van der Waals surface area contributed by atoms with Crippen LogP contribution in [0.5, 0.6) is 11.5 Å². The molecule has 30 heavy (non-hydrogen) atoms. The summed E-state index contributed by atoms with van der Waals surface area (Å²) < 4.78 is 17.0. The molecule has 0 amide bonds. The molecule has 0 spiro atoms. The Hall–Kier alpha value is -2.98. The number of rotatable bonds is 13. The number of ether oxygens (including phenoxy) is 3. The number of nitrogens with one attached hydrogen (secondary N) is 1. The van der Waals surface area contributed by atoms with Gasteiger partial charge in [0.1, 0.15) is 18.1 Å². The van der Waals surface area contributed by atoms with Crippen LogP contribution in [-0.2, 0) is 17.7 Å². The molecule has 0 heterocycles. The van der Waals surface area contributed by atoms with E-state index in [1.54, 1.807) is 0 Å². The maximum absolute atomic E-state index is 5.93. The van der Waals surface area contributed by atoms with Crippen LogP contribution in [0.25, 0.3) is 0 Å². The average Bonchev–Trinajstić information content (AvgIpc) is 2.80. The fraction of sp³-hybridized carbons (Fsp3) is 0.308. The van der Waals surface area contributed by atoms with E-state index in [1.165, 1.54) is 5.56 Å². The van der Waals surface area contributed by atoms with Crippen molar-refractivity contribution in [3.63, 3.8) is 0 Å². The van der Waals surface area contributed by atoms with E-state index in [0.29, 0.717) is 26.4 Å². The SMILES string of the molecule is CCOCCOc1cccc(CNc2cccc(OCCCc3ccccc3)c2)c1. The third-order valence-electron chi connectivity index (χ3n) is 4.65. The molecule has 158 valence electrons. The molecule has 0 atom stereocenters. The topological polar surface area (TPSA) is 39.7 Å². The fourth-order valence-electron chi connectivity index (χ4n) is 3.12. The number of hydrogen-bond donors (Lipinski definition) is 1. The Balaban J connectivity index is 1.42. The van der Waals surface area contributed by atoms with Crippen molar-refractivity contribution < 1.29 is 14.2 Å². The van der Waals surface area contributed by atoms with Crippen molar-refractivity contribution in [2.45, 2.75) is 26.3 Å². The highest BCUT2D eigenvalue weighted by Gasteiger charge is 2.01. The zero-order valence-corrected chi connectivity index (χ0v) is 17.7. The Morgan fingerprint density at radius 1 is 0.700 bits per heavy atom. The Morgan fingerprint density at radius 2 is 1.43 bits per heavy atom. The summed E-state index contributed by atoms with van der Waals surface area (Å²) in [6, 6.07) is 26.8. The highest BCUT2D eigenvalue weighted by Crippen LogP contribution is 2.20. The van der Waals surface area contributed by atoms with Crippen molar-refractivity contribution in [2.75, 3.05) is 31.7 Å². The smallest absolute Gasteiger partial charge is 0.121 e. The summed E-state index contributed by atoms with van der Waals surface area (Å²) in [6.45, 7) is 5.30. The molecule has 0 aliphatic rings. The van der Waals surface area contributed by atoms with Crippen molar-refractivity contribution in [3.8, 4) is 11.5 Å². The predicted molar refractivity (Wildman–Crippen MR) is 122 cm³/mol. The molecule has 4 heteroatoms. The van der Waals surface area contributed by atoms with Gasteiger partial charge in [0.25, 0.3) is 0 Å². The molecular weight excluding hydrogens is 374 g/mol. The number of benzene rings is 3. The first-order chi connectivity index (χ1) is 14.8.